The Hall–Kier alpha value is -3.52. The lowest BCUT2D eigenvalue weighted by Gasteiger charge is -2.17. The Morgan fingerprint density at radius 1 is 0.875 bits per heavy atom. The van der Waals surface area contributed by atoms with E-state index in [0.29, 0.717) is 28.5 Å². The molecule has 0 radical (unpaired) electrons. The average molecular weight is 440 g/mol. The molecule has 0 bridgehead atoms. The summed E-state index contributed by atoms with van der Waals surface area (Å²) in [5, 5.41) is 3.11. The highest BCUT2D eigenvalue weighted by Crippen LogP contribution is 2.36. The monoisotopic (exact) mass is 440 g/mol. The number of carbonyl (C=O) groups is 2. The predicted octanol–water partition coefficient (Wildman–Crippen LogP) is 3.33. The molecule has 1 aliphatic rings. The number of anilines is 1. The molecular formula is C24H28N2O6. The van der Waals surface area contributed by atoms with Crippen LogP contribution in [0.25, 0.3) is 5.57 Å². The van der Waals surface area contributed by atoms with Crippen LogP contribution in [0.5, 0.6) is 17.2 Å². The molecule has 0 unspecified atom stereocenters. The van der Waals surface area contributed by atoms with E-state index in [0.717, 1.165) is 0 Å². The zero-order valence-electron chi connectivity index (χ0n) is 18.9. The van der Waals surface area contributed by atoms with Crippen molar-refractivity contribution in [3.63, 3.8) is 0 Å². The largest absolute Gasteiger partial charge is 0.495 e. The molecule has 2 aromatic rings. The van der Waals surface area contributed by atoms with Crippen LogP contribution in [0.2, 0.25) is 0 Å². The second-order valence-electron chi connectivity index (χ2n) is 7.33. The Kier molecular flexibility index (Phi) is 7.37. The van der Waals surface area contributed by atoms with Gasteiger partial charge in [0.25, 0.3) is 11.8 Å². The third-order valence-electron chi connectivity index (χ3n) is 4.97. The lowest BCUT2D eigenvalue weighted by atomic mass is 10.0. The van der Waals surface area contributed by atoms with Crippen molar-refractivity contribution in [3.8, 4) is 17.2 Å². The quantitative estimate of drug-likeness (QED) is 0.567. The van der Waals surface area contributed by atoms with Gasteiger partial charge in [-0.2, -0.15) is 0 Å². The fraction of sp³-hybridized carbons (Fsp3) is 0.333. The molecule has 0 fully saturated rings. The molecule has 2 amide bonds. The fourth-order valence-corrected chi connectivity index (χ4v) is 3.42. The van der Waals surface area contributed by atoms with Crippen molar-refractivity contribution < 1.29 is 28.5 Å². The van der Waals surface area contributed by atoms with Crippen LogP contribution < -0.4 is 19.5 Å². The molecule has 8 heteroatoms. The zero-order chi connectivity index (χ0) is 23.3. The first-order valence-electron chi connectivity index (χ1n) is 10.3. The molecule has 8 nitrogen and oxygen atoms in total. The SMILES string of the molecule is COc1ccccc1NC1=C(c2ccc(OC)c(OC)c2)C(=O)N(CCOC(C)C)C1=O. The zero-order valence-corrected chi connectivity index (χ0v) is 18.9. The number of methoxy groups -OCH3 is 3. The minimum Gasteiger partial charge on any atom is -0.495 e. The highest BCUT2D eigenvalue weighted by Gasteiger charge is 2.39. The maximum absolute atomic E-state index is 13.3. The molecule has 0 aliphatic carbocycles. The highest BCUT2D eigenvalue weighted by molar-refractivity contribution is 6.36. The summed E-state index contributed by atoms with van der Waals surface area (Å²) in [4.78, 5) is 27.8. The molecule has 2 aromatic carbocycles. The van der Waals surface area contributed by atoms with Crippen molar-refractivity contribution in [3.05, 3.63) is 53.7 Å². The molecule has 0 spiro atoms. The Morgan fingerprint density at radius 2 is 1.56 bits per heavy atom. The molecule has 170 valence electrons. The molecule has 0 atom stereocenters. The number of rotatable bonds is 10. The summed E-state index contributed by atoms with van der Waals surface area (Å²) >= 11 is 0. The Morgan fingerprint density at radius 3 is 2.22 bits per heavy atom. The van der Waals surface area contributed by atoms with Crippen LogP contribution in [0.15, 0.2) is 48.2 Å². The summed E-state index contributed by atoms with van der Waals surface area (Å²) in [6, 6.07) is 12.3. The number of imide groups is 1. The number of ether oxygens (including phenoxy) is 4. The van der Waals surface area contributed by atoms with E-state index < -0.39 is 11.8 Å². The fourth-order valence-electron chi connectivity index (χ4n) is 3.42. The smallest absolute Gasteiger partial charge is 0.278 e. The van der Waals surface area contributed by atoms with Crippen molar-refractivity contribution in [1.82, 2.24) is 4.90 Å². The normalized spacial score (nSPS) is 13.8. The summed E-state index contributed by atoms with van der Waals surface area (Å²) < 4.78 is 21.6. The van der Waals surface area contributed by atoms with Gasteiger partial charge in [0.2, 0.25) is 0 Å². The second-order valence-corrected chi connectivity index (χ2v) is 7.33. The van der Waals surface area contributed by atoms with E-state index in [9.17, 15) is 9.59 Å². The highest BCUT2D eigenvalue weighted by atomic mass is 16.5. The van der Waals surface area contributed by atoms with E-state index in [1.807, 2.05) is 26.0 Å². The molecule has 32 heavy (non-hydrogen) atoms. The van der Waals surface area contributed by atoms with Crippen LogP contribution in [-0.4, -0.2) is 57.3 Å². The number of carbonyl (C=O) groups excluding carboxylic acids is 2. The molecule has 0 saturated heterocycles. The molecule has 1 heterocycles. The number of nitrogens with one attached hydrogen (secondary N) is 1. The van der Waals surface area contributed by atoms with Gasteiger partial charge < -0.3 is 24.3 Å². The molecule has 0 saturated carbocycles. The molecule has 1 aliphatic heterocycles. The van der Waals surface area contributed by atoms with Gasteiger partial charge in [-0.1, -0.05) is 18.2 Å². The van der Waals surface area contributed by atoms with Gasteiger partial charge >= 0.3 is 0 Å². The number of hydrogen-bond donors (Lipinski definition) is 1. The lowest BCUT2D eigenvalue weighted by molar-refractivity contribution is -0.137. The first kappa shape index (κ1) is 23.1. The summed E-state index contributed by atoms with van der Waals surface area (Å²) in [6.07, 6.45) is -0.00717. The van der Waals surface area contributed by atoms with Gasteiger partial charge in [-0.05, 0) is 43.7 Å². The summed E-state index contributed by atoms with van der Waals surface area (Å²) in [6.45, 7) is 4.19. The van der Waals surface area contributed by atoms with Crippen molar-refractivity contribution >= 4 is 23.1 Å². The van der Waals surface area contributed by atoms with Gasteiger partial charge in [0.15, 0.2) is 11.5 Å². The summed E-state index contributed by atoms with van der Waals surface area (Å²) in [7, 11) is 4.59. The number of hydrogen-bond acceptors (Lipinski definition) is 7. The number of para-hydroxylation sites is 2. The average Bonchev–Trinajstić information content (AvgIpc) is 3.02. The molecule has 1 N–H and O–H groups in total. The van der Waals surface area contributed by atoms with E-state index in [1.54, 1.807) is 37.4 Å². The molecule has 3 rings (SSSR count). The van der Waals surface area contributed by atoms with Crippen LogP contribution >= 0.6 is 0 Å². The first-order valence-corrected chi connectivity index (χ1v) is 10.3. The van der Waals surface area contributed by atoms with Crippen molar-refractivity contribution in [2.24, 2.45) is 0 Å². The maximum atomic E-state index is 13.3. The third kappa shape index (κ3) is 4.70. The minimum absolute atomic E-state index is 0.00717. The first-order chi connectivity index (χ1) is 15.4. The van der Waals surface area contributed by atoms with E-state index in [2.05, 4.69) is 5.32 Å². The summed E-state index contributed by atoms with van der Waals surface area (Å²) in [5.74, 6) is 0.685. The molecule has 0 aromatic heterocycles. The minimum atomic E-state index is -0.432. The van der Waals surface area contributed by atoms with Crippen LogP contribution in [-0.2, 0) is 14.3 Å². The van der Waals surface area contributed by atoms with Crippen LogP contribution in [0.3, 0.4) is 0 Å². The van der Waals surface area contributed by atoms with Gasteiger partial charge in [0.1, 0.15) is 11.4 Å². The van der Waals surface area contributed by atoms with Gasteiger partial charge in [-0.3, -0.25) is 14.5 Å². The van der Waals surface area contributed by atoms with Gasteiger partial charge in [0, 0.05) is 0 Å². The maximum Gasteiger partial charge on any atom is 0.278 e. The Labute approximate surface area is 187 Å². The summed E-state index contributed by atoms with van der Waals surface area (Å²) in [5.41, 5.74) is 1.51. The number of benzene rings is 2. The van der Waals surface area contributed by atoms with Gasteiger partial charge in [0.05, 0.1) is 51.8 Å². The van der Waals surface area contributed by atoms with E-state index in [1.165, 1.54) is 19.1 Å². The van der Waals surface area contributed by atoms with E-state index >= 15 is 0 Å². The molecular weight excluding hydrogens is 412 g/mol. The number of amides is 2. The van der Waals surface area contributed by atoms with Gasteiger partial charge in [-0.15, -0.1) is 0 Å². The van der Waals surface area contributed by atoms with Crippen LogP contribution in [0.4, 0.5) is 5.69 Å². The third-order valence-corrected chi connectivity index (χ3v) is 4.97. The van der Waals surface area contributed by atoms with Crippen LogP contribution in [0, 0.1) is 0 Å². The van der Waals surface area contributed by atoms with Crippen molar-refractivity contribution in [1.29, 1.82) is 0 Å². The topological polar surface area (TPSA) is 86.3 Å². The lowest BCUT2D eigenvalue weighted by Crippen LogP contribution is -2.35. The van der Waals surface area contributed by atoms with Crippen molar-refractivity contribution in [2.45, 2.75) is 20.0 Å². The number of nitrogens with zero attached hydrogens (tertiary/aromatic N) is 1. The Balaban J connectivity index is 2.05. The van der Waals surface area contributed by atoms with E-state index in [-0.39, 0.29) is 30.5 Å². The predicted molar refractivity (Wildman–Crippen MR) is 121 cm³/mol. The van der Waals surface area contributed by atoms with Crippen LogP contribution in [0.1, 0.15) is 19.4 Å². The second kappa shape index (κ2) is 10.2. The van der Waals surface area contributed by atoms with Crippen molar-refractivity contribution in [2.75, 3.05) is 39.8 Å². The van der Waals surface area contributed by atoms with Gasteiger partial charge in [-0.25, -0.2) is 0 Å². The van der Waals surface area contributed by atoms with E-state index in [4.69, 9.17) is 18.9 Å². The Bertz CT molecular complexity index is 1030. The standard InChI is InChI=1S/C24H28N2O6/c1-15(2)32-13-12-26-23(27)21(16-10-11-19(30-4)20(14-16)31-5)22(24(26)28)25-17-8-6-7-9-18(17)29-3/h6-11,14-15,25H,12-13H2,1-5H3.